The van der Waals surface area contributed by atoms with Crippen molar-refractivity contribution < 1.29 is 9.59 Å². The molecule has 0 aliphatic carbocycles. The zero-order valence-corrected chi connectivity index (χ0v) is 17.9. The predicted octanol–water partition coefficient (Wildman–Crippen LogP) is 4.18. The second-order valence-electron chi connectivity index (χ2n) is 6.54. The molecule has 0 fully saturated rings. The zero-order valence-electron chi connectivity index (χ0n) is 16.3. The highest BCUT2D eigenvalue weighted by atomic mass is 79.9. The third-order valence-corrected chi connectivity index (χ3v) is 4.40. The van der Waals surface area contributed by atoms with E-state index in [4.69, 9.17) is 0 Å². The number of anilines is 2. The van der Waals surface area contributed by atoms with E-state index in [1.807, 2.05) is 39.0 Å². The monoisotopic (exact) mass is 444 g/mol. The van der Waals surface area contributed by atoms with Crippen molar-refractivity contribution in [1.82, 2.24) is 10.7 Å². The summed E-state index contributed by atoms with van der Waals surface area (Å²) in [6.07, 6.45) is 3.28. The summed E-state index contributed by atoms with van der Waals surface area (Å²) in [5.74, 6) is -1.47. The molecule has 0 saturated heterocycles. The Bertz CT molecular complexity index is 860. The largest absolute Gasteiger partial charge is 0.355 e. The second kappa shape index (κ2) is 10.6. The number of carbonyl (C=O) groups is 2. The van der Waals surface area contributed by atoms with Crippen molar-refractivity contribution in [3.05, 3.63) is 57.6 Å². The Hall–Kier alpha value is -2.67. The van der Waals surface area contributed by atoms with E-state index in [9.17, 15) is 9.59 Å². The molecule has 0 aliphatic heterocycles. The van der Waals surface area contributed by atoms with Crippen molar-refractivity contribution in [2.24, 2.45) is 5.10 Å². The van der Waals surface area contributed by atoms with Crippen LogP contribution in [0, 0.1) is 13.8 Å². The van der Waals surface area contributed by atoms with E-state index >= 15 is 0 Å². The summed E-state index contributed by atoms with van der Waals surface area (Å²) < 4.78 is 0.878. The fourth-order valence-corrected chi connectivity index (χ4v) is 3.01. The van der Waals surface area contributed by atoms with Gasteiger partial charge in [0.25, 0.3) is 0 Å². The molecule has 0 bridgehead atoms. The molecule has 0 aromatic heterocycles. The number of nitrogens with one attached hydrogen (secondary N) is 3. The quantitative estimate of drug-likeness (QED) is 0.259. The van der Waals surface area contributed by atoms with Gasteiger partial charge in [-0.15, -0.1) is 0 Å². The molecule has 148 valence electrons. The topological polar surface area (TPSA) is 82.6 Å². The summed E-state index contributed by atoms with van der Waals surface area (Å²) in [7, 11) is 0. The van der Waals surface area contributed by atoms with Crippen molar-refractivity contribution in [3.63, 3.8) is 0 Å². The molecular formula is C21H25BrN4O2. The van der Waals surface area contributed by atoms with Crippen molar-refractivity contribution in [2.75, 3.05) is 11.9 Å². The summed E-state index contributed by atoms with van der Waals surface area (Å²) >= 11 is 3.44. The van der Waals surface area contributed by atoms with Crippen LogP contribution in [0.4, 0.5) is 11.4 Å². The zero-order chi connectivity index (χ0) is 20.5. The first-order valence-electron chi connectivity index (χ1n) is 9.15. The molecule has 2 amide bonds. The Kier molecular flexibility index (Phi) is 8.19. The molecule has 2 aromatic rings. The first-order valence-corrected chi connectivity index (χ1v) is 9.94. The highest BCUT2D eigenvalue weighted by Gasteiger charge is 2.11. The molecule has 0 heterocycles. The normalized spacial score (nSPS) is 10.7. The number of halogens is 1. The Morgan fingerprint density at radius 1 is 1.07 bits per heavy atom. The van der Waals surface area contributed by atoms with Gasteiger partial charge in [-0.1, -0.05) is 35.3 Å². The highest BCUT2D eigenvalue weighted by molar-refractivity contribution is 9.10. The molecule has 7 heteroatoms. The first-order chi connectivity index (χ1) is 13.4. The summed E-state index contributed by atoms with van der Waals surface area (Å²) in [5, 5.41) is 9.85. The van der Waals surface area contributed by atoms with Gasteiger partial charge in [0.15, 0.2) is 0 Å². The van der Waals surface area contributed by atoms with Gasteiger partial charge in [-0.3, -0.25) is 9.59 Å². The van der Waals surface area contributed by atoms with Crippen LogP contribution in [0.15, 0.2) is 46.0 Å². The van der Waals surface area contributed by atoms with Crippen molar-refractivity contribution in [2.45, 2.75) is 33.6 Å². The van der Waals surface area contributed by atoms with Gasteiger partial charge in [0.1, 0.15) is 0 Å². The van der Waals surface area contributed by atoms with Crippen LogP contribution in [0.2, 0.25) is 0 Å². The summed E-state index contributed by atoms with van der Waals surface area (Å²) in [5.41, 5.74) is 7.15. The Morgan fingerprint density at radius 2 is 1.79 bits per heavy atom. The second-order valence-corrected chi connectivity index (χ2v) is 7.46. The maximum Gasteiger partial charge on any atom is 0.329 e. The Morgan fingerprint density at radius 3 is 2.46 bits per heavy atom. The molecule has 2 aromatic carbocycles. The molecule has 0 spiro atoms. The maximum atomic E-state index is 11.8. The number of hydrazone groups is 1. The number of hydrogen-bond donors (Lipinski definition) is 3. The molecule has 6 nitrogen and oxygen atoms in total. The fourth-order valence-electron chi connectivity index (χ4n) is 2.63. The number of amides is 2. The number of rotatable bonds is 7. The fraction of sp³-hybridized carbons (Fsp3) is 0.286. The van der Waals surface area contributed by atoms with Gasteiger partial charge >= 0.3 is 11.8 Å². The molecule has 2 rings (SSSR count). The lowest BCUT2D eigenvalue weighted by Crippen LogP contribution is -2.38. The van der Waals surface area contributed by atoms with E-state index in [1.165, 1.54) is 6.21 Å². The number of aryl methyl sites for hydroxylation is 2. The van der Waals surface area contributed by atoms with Gasteiger partial charge in [-0.25, -0.2) is 5.43 Å². The lowest BCUT2D eigenvalue weighted by atomic mass is 10.1. The molecule has 0 unspecified atom stereocenters. The third-order valence-electron chi connectivity index (χ3n) is 3.91. The molecule has 0 aliphatic rings. The minimum absolute atomic E-state index is 0.474. The van der Waals surface area contributed by atoms with Crippen LogP contribution in [0.25, 0.3) is 0 Å². The molecule has 0 saturated carbocycles. The number of carbonyl (C=O) groups excluding carboxylic acids is 2. The molecule has 3 N–H and O–H groups in total. The van der Waals surface area contributed by atoms with Crippen LogP contribution in [0.5, 0.6) is 0 Å². The number of benzene rings is 2. The Balaban J connectivity index is 2.08. The lowest BCUT2D eigenvalue weighted by molar-refractivity contribution is -0.139. The number of nitrogens with zero attached hydrogens (tertiary/aromatic N) is 1. The van der Waals surface area contributed by atoms with E-state index < -0.39 is 11.8 Å². The SMILES string of the molecule is CCCCNC(=O)C(=O)N/N=C\c1cc(Br)ccc1Nc1cc(C)cc(C)c1. The number of hydrogen-bond acceptors (Lipinski definition) is 4. The van der Waals surface area contributed by atoms with Gasteiger partial charge in [0.05, 0.1) is 6.21 Å². The smallest absolute Gasteiger partial charge is 0.329 e. The average Bonchev–Trinajstić information content (AvgIpc) is 2.63. The average molecular weight is 445 g/mol. The van der Waals surface area contributed by atoms with E-state index in [-0.39, 0.29) is 0 Å². The van der Waals surface area contributed by atoms with E-state index in [1.54, 1.807) is 0 Å². The van der Waals surface area contributed by atoms with Crippen molar-refractivity contribution in [3.8, 4) is 0 Å². The van der Waals surface area contributed by atoms with Crippen LogP contribution in [-0.4, -0.2) is 24.6 Å². The molecule has 28 heavy (non-hydrogen) atoms. The lowest BCUT2D eigenvalue weighted by Gasteiger charge is -2.12. The summed E-state index contributed by atoms with van der Waals surface area (Å²) in [6, 6.07) is 11.9. The minimum Gasteiger partial charge on any atom is -0.355 e. The van der Waals surface area contributed by atoms with Gasteiger partial charge < -0.3 is 10.6 Å². The van der Waals surface area contributed by atoms with Crippen LogP contribution in [0.1, 0.15) is 36.5 Å². The van der Waals surface area contributed by atoms with Gasteiger partial charge in [-0.05, 0) is 61.7 Å². The number of unbranched alkanes of at least 4 members (excludes halogenated alkanes) is 1. The van der Waals surface area contributed by atoms with Crippen LogP contribution < -0.4 is 16.1 Å². The van der Waals surface area contributed by atoms with E-state index in [0.717, 1.165) is 45.4 Å². The van der Waals surface area contributed by atoms with Crippen LogP contribution in [-0.2, 0) is 9.59 Å². The highest BCUT2D eigenvalue weighted by Crippen LogP contribution is 2.24. The molecule has 0 radical (unpaired) electrons. The standard InChI is InChI=1S/C21H25BrN4O2/c1-4-5-8-23-20(27)21(28)26-24-13-16-12-17(22)6-7-19(16)25-18-10-14(2)9-15(3)11-18/h6-7,9-13,25H,4-5,8H2,1-3H3,(H,23,27)(H,26,28)/b24-13-. The van der Waals surface area contributed by atoms with Gasteiger partial charge in [-0.2, -0.15) is 5.10 Å². The van der Waals surface area contributed by atoms with Crippen molar-refractivity contribution >= 4 is 45.3 Å². The van der Waals surface area contributed by atoms with Crippen molar-refractivity contribution in [1.29, 1.82) is 0 Å². The Labute approximate surface area is 173 Å². The van der Waals surface area contributed by atoms with Crippen LogP contribution >= 0.6 is 15.9 Å². The predicted molar refractivity (Wildman–Crippen MR) is 117 cm³/mol. The van der Waals surface area contributed by atoms with Crippen LogP contribution in [0.3, 0.4) is 0 Å². The van der Waals surface area contributed by atoms with E-state index in [2.05, 4.69) is 55.3 Å². The third kappa shape index (κ3) is 6.81. The minimum atomic E-state index is -0.786. The summed E-state index contributed by atoms with van der Waals surface area (Å²) in [6.45, 7) is 6.58. The molecular weight excluding hydrogens is 420 g/mol. The first kappa shape index (κ1) is 21.6. The van der Waals surface area contributed by atoms with Gasteiger partial charge in [0.2, 0.25) is 0 Å². The van der Waals surface area contributed by atoms with Gasteiger partial charge in [0, 0.05) is 28.0 Å². The summed E-state index contributed by atoms with van der Waals surface area (Å²) in [4.78, 5) is 23.5. The van der Waals surface area contributed by atoms with E-state index in [0.29, 0.717) is 6.54 Å². The molecule has 0 atom stereocenters. The maximum absolute atomic E-state index is 11.8.